The van der Waals surface area contributed by atoms with E-state index in [4.69, 9.17) is 0 Å². The van der Waals surface area contributed by atoms with E-state index in [2.05, 4.69) is 11.8 Å². The van der Waals surface area contributed by atoms with Gasteiger partial charge in [0.15, 0.2) is 0 Å². The average Bonchev–Trinajstić information content (AvgIpc) is 2.28. The summed E-state index contributed by atoms with van der Waals surface area (Å²) in [6, 6.07) is 16.7. The molecule has 1 N–H and O–H groups in total. The fourth-order valence-corrected chi connectivity index (χ4v) is 1.25. The number of rotatable bonds is 0. The van der Waals surface area contributed by atoms with Gasteiger partial charge in [0.1, 0.15) is 5.75 Å². The van der Waals surface area contributed by atoms with Crippen LogP contribution in [0.1, 0.15) is 11.1 Å². The van der Waals surface area contributed by atoms with Crippen molar-refractivity contribution in [2.24, 2.45) is 0 Å². The highest BCUT2D eigenvalue weighted by molar-refractivity contribution is 5.44. The largest absolute Gasteiger partial charge is 0.508 e. The van der Waals surface area contributed by atoms with Crippen LogP contribution < -0.4 is 0 Å². The average molecular weight is 194 g/mol. The van der Waals surface area contributed by atoms with Gasteiger partial charge in [-0.25, -0.2) is 0 Å². The van der Waals surface area contributed by atoms with Crippen LogP contribution in [-0.4, -0.2) is 5.11 Å². The molecule has 1 heteroatoms. The molecule has 2 aromatic carbocycles. The Kier molecular flexibility index (Phi) is 2.71. The highest BCUT2D eigenvalue weighted by Gasteiger charge is 1.88. The first-order valence-corrected chi connectivity index (χ1v) is 4.71. The van der Waals surface area contributed by atoms with E-state index in [1.807, 2.05) is 36.4 Å². The van der Waals surface area contributed by atoms with Crippen molar-refractivity contribution in [2.45, 2.75) is 0 Å². The van der Waals surface area contributed by atoms with Crippen molar-refractivity contribution in [1.82, 2.24) is 0 Å². The highest BCUT2D eigenvalue weighted by Crippen LogP contribution is 2.09. The second kappa shape index (κ2) is 4.34. The summed E-state index contributed by atoms with van der Waals surface area (Å²) < 4.78 is 0. The minimum atomic E-state index is 0.245. The van der Waals surface area contributed by atoms with Crippen LogP contribution in [0.15, 0.2) is 54.6 Å². The molecule has 0 fully saturated rings. The molecule has 2 rings (SSSR count). The minimum absolute atomic E-state index is 0.245. The van der Waals surface area contributed by atoms with Crippen LogP contribution >= 0.6 is 0 Å². The van der Waals surface area contributed by atoms with Crippen LogP contribution in [0.2, 0.25) is 0 Å². The molecule has 0 unspecified atom stereocenters. The van der Waals surface area contributed by atoms with Gasteiger partial charge in [-0.05, 0) is 30.3 Å². The van der Waals surface area contributed by atoms with Crippen molar-refractivity contribution in [3.8, 4) is 17.6 Å². The number of aromatic hydroxyl groups is 1. The van der Waals surface area contributed by atoms with E-state index >= 15 is 0 Å². The number of benzene rings is 2. The number of phenolic OH excluding ortho intramolecular Hbond substituents is 1. The van der Waals surface area contributed by atoms with Gasteiger partial charge in [0.25, 0.3) is 0 Å². The molecule has 0 amide bonds. The Bertz CT molecular complexity index is 504. The third kappa shape index (κ3) is 2.62. The SMILES string of the molecule is Oc1cccc(C#Cc2ccccc2)c1. The molecule has 0 bridgehead atoms. The van der Waals surface area contributed by atoms with E-state index in [0.717, 1.165) is 11.1 Å². The summed E-state index contributed by atoms with van der Waals surface area (Å²) in [4.78, 5) is 0. The summed E-state index contributed by atoms with van der Waals surface area (Å²) in [5.74, 6) is 6.26. The fraction of sp³-hybridized carbons (Fsp3) is 0. The molecule has 0 aliphatic carbocycles. The van der Waals surface area contributed by atoms with Gasteiger partial charge in [0.05, 0.1) is 0 Å². The maximum Gasteiger partial charge on any atom is 0.116 e. The van der Waals surface area contributed by atoms with Crippen LogP contribution in [0, 0.1) is 11.8 Å². The molecule has 15 heavy (non-hydrogen) atoms. The highest BCUT2D eigenvalue weighted by atomic mass is 16.3. The van der Waals surface area contributed by atoms with Gasteiger partial charge in [0, 0.05) is 11.1 Å². The molecule has 72 valence electrons. The molecular weight excluding hydrogens is 184 g/mol. The van der Waals surface area contributed by atoms with E-state index in [9.17, 15) is 5.11 Å². The van der Waals surface area contributed by atoms with Gasteiger partial charge in [0.2, 0.25) is 0 Å². The summed E-state index contributed by atoms with van der Waals surface area (Å²) >= 11 is 0. The predicted octanol–water partition coefficient (Wildman–Crippen LogP) is 2.79. The zero-order valence-electron chi connectivity index (χ0n) is 8.14. The van der Waals surface area contributed by atoms with Crippen molar-refractivity contribution < 1.29 is 5.11 Å². The smallest absolute Gasteiger partial charge is 0.116 e. The number of phenols is 1. The summed E-state index contributed by atoms with van der Waals surface area (Å²) in [5.41, 5.74) is 1.79. The molecule has 2 aromatic rings. The van der Waals surface area contributed by atoms with Crippen LogP contribution in [0.3, 0.4) is 0 Å². The standard InChI is InChI=1S/C14H10O/c15-14-8-4-7-13(11-14)10-9-12-5-2-1-3-6-12/h1-8,11,15H. The Balaban J connectivity index is 2.26. The molecule has 0 heterocycles. The lowest BCUT2D eigenvalue weighted by molar-refractivity contribution is 0.475. The Morgan fingerprint density at radius 1 is 0.733 bits per heavy atom. The first kappa shape index (κ1) is 9.36. The quantitative estimate of drug-likeness (QED) is 0.639. The molecule has 0 saturated heterocycles. The first-order valence-electron chi connectivity index (χ1n) is 4.71. The minimum Gasteiger partial charge on any atom is -0.508 e. The van der Waals surface area contributed by atoms with Gasteiger partial charge >= 0.3 is 0 Å². The van der Waals surface area contributed by atoms with E-state index < -0.39 is 0 Å². The van der Waals surface area contributed by atoms with E-state index in [1.54, 1.807) is 18.2 Å². The molecule has 0 spiro atoms. The van der Waals surface area contributed by atoms with Crippen LogP contribution in [0.5, 0.6) is 5.75 Å². The van der Waals surface area contributed by atoms with Crippen molar-refractivity contribution >= 4 is 0 Å². The maximum absolute atomic E-state index is 9.24. The second-order valence-corrected chi connectivity index (χ2v) is 3.17. The Morgan fingerprint density at radius 2 is 1.40 bits per heavy atom. The predicted molar refractivity (Wildman–Crippen MR) is 60.5 cm³/mol. The van der Waals surface area contributed by atoms with Crippen LogP contribution in [0.4, 0.5) is 0 Å². The van der Waals surface area contributed by atoms with Crippen LogP contribution in [0.25, 0.3) is 0 Å². The zero-order chi connectivity index (χ0) is 10.5. The first-order chi connectivity index (χ1) is 7.34. The summed E-state index contributed by atoms with van der Waals surface area (Å²) in [7, 11) is 0. The van der Waals surface area contributed by atoms with Crippen molar-refractivity contribution in [3.63, 3.8) is 0 Å². The Labute approximate surface area is 89.0 Å². The monoisotopic (exact) mass is 194 g/mol. The normalized spacial score (nSPS) is 9.07. The summed E-state index contributed by atoms with van der Waals surface area (Å²) in [6.45, 7) is 0. The third-order valence-corrected chi connectivity index (χ3v) is 1.97. The fourth-order valence-electron chi connectivity index (χ4n) is 1.25. The molecule has 0 aliphatic heterocycles. The molecule has 1 nitrogen and oxygen atoms in total. The van der Waals surface area contributed by atoms with Crippen molar-refractivity contribution in [2.75, 3.05) is 0 Å². The topological polar surface area (TPSA) is 20.2 Å². The Morgan fingerprint density at radius 3 is 2.13 bits per heavy atom. The van der Waals surface area contributed by atoms with Crippen molar-refractivity contribution in [3.05, 3.63) is 65.7 Å². The van der Waals surface area contributed by atoms with E-state index in [0.29, 0.717) is 0 Å². The zero-order valence-corrected chi connectivity index (χ0v) is 8.14. The van der Waals surface area contributed by atoms with Gasteiger partial charge in [-0.2, -0.15) is 0 Å². The number of hydrogen-bond donors (Lipinski definition) is 1. The lowest BCUT2D eigenvalue weighted by Crippen LogP contribution is -1.74. The molecule has 0 aromatic heterocycles. The molecule has 0 atom stereocenters. The summed E-state index contributed by atoms with van der Waals surface area (Å²) in [6.07, 6.45) is 0. The van der Waals surface area contributed by atoms with Gasteiger partial charge in [-0.15, -0.1) is 0 Å². The number of hydrogen-bond acceptors (Lipinski definition) is 1. The molecule has 0 saturated carbocycles. The van der Waals surface area contributed by atoms with Gasteiger partial charge in [-0.1, -0.05) is 36.1 Å². The second-order valence-electron chi connectivity index (χ2n) is 3.17. The van der Waals surface area contributed by atoms with Gasteiger partial charge < -0.3 is 5.11 Å². The third-order valence-electron chi connectivity index (χ3n) is 1.97. The summed E-state index contributed by atoms with van der Waals surface area (Å²) in [5, 5.41) is 9.24. The van der Waals surface area contributed by atoms with Gasteiger partial charge in [-0.3, -0.25) is 0 Å². The Hall–Kier alpha value is -2.20. The van der Waals surface area contributed by atoms with Crippen LogP contribution in [-0.2, 0) is 0 Å². The molecular formula is C14H10O. The lowest BCUT2D eigenvalue weighted by Gasteiger charge is -1.91. The maximum atomic E-state index is 9.24. The molecule has 0 aliphatic rings. The van der Waals surface area contributed by atoms with E-state index in [-0.39, 0.29) is 5.75 Å². The van der Waals surface area contributed by atoms with E-state index in [1.165, 1.54) is 0 Å². The molecule has 0 radical (unpaired) electrons. The lowest BCUT2D eigenvalue weighted by atomic mass is 10.2. The van der Waals surface area contributed by atoms with Crippen molar-refractivity contribution in [1.29, 1.82) is 0 Å².